The van der Waals surface area contributed by atoms with Crippen LogP contribution < -0.4 is 9.47 Å². The average Bonchev–Trinajstić information content (AvgIpc) is 3.00. The lowest BCUT2D eigenvalue weighted by atomic mass is 9.52. The van der Waals surface area contributed by atoms with E-state index < -0.39 is 0 Å². The fraction of sp³-hybridized carbons (Fsp3) is 0.667. The second kappa shape index (κ2) is 10.3. The molecule has 2 saturated heterocycles. The van der Waals surface area contributed by atoms with Crippen LogP contribution in [0.3, 0.4) is 0 Å². The van der Waals surface area contributed by atoms with Gasteiger partial charge in [0, 0.05) is 22.9 Å². The lowest BCUT2D eigenvalue weighted by Gasteiger charge is -2.58. The van der Waals surface area contributed by atoms with E-state index in [9.17, 15) is 0 Å². The largest absolute Gasteiger partial charge is 0.497 e. The second-order valence-corrected chi connectivity index (χ2v) is 14.1. The fourth-order valence-electron chi connectivity index (χ4n) is 10.6. The minimum absolute atomic E-state index is 0.456. The lowest BCUT2D eigenvalue weighted by Crippen LogP contribution is -2.59. The van der Waals surface area contributed by atoms with E-state index in [0.717, 1.165) is 35.4 Å². The average molecular weight is 543 g/mol. The summed E-state index contributed by atoms with van der Waals surface area (Å²) in [6.45, 7) is 2.52. The van der Waals surface area contributed by atoms with Gasteiger partial charge in [-0.15, -0.1) is 0 Å². The molecular weight excluding hydrogens is 492 g/mol. The molecule has 0 aromatic heterocycles. The summed E-state index contributed by atoms with van der Waals surface area (Å²) in [4.78, 5) is 5.25. The molecule has 2 aliphatic heterocycles. The summed E-state index contributed by atoms with van der Waals surface area (Å²) in [7, 11) is 8.24. The number of rotatable bonds is 2. The Morgan fingerprint density at radius 3 is 1.50 bits per heavy atom. The molecule has 4 fully saturated rings. The Bertz CT molecular complexity index is 1150. The number of hydrogen-bond donors (Lipinski definition) is 0. The SMILES string of the molecule is COc1ccc2c(c1)[C@@]13CCCCC1[C@@H](C2)N(C)CC3.COc1ccc2c(c1)[C@@]13CCCCC1[C@@H](C2)N(C)CC3. The van der Waals surface area contributed by atoms with Crippen molar-refractivity contribution in [2.24, 2.45) is 11.8 Å². The van der Waals surface area contributed by atoms with Crippen molar-refractivity contribution in [2.45, 2.75) is 100.0 Å². The van der Waals surface area contributed by atoms with Gasteiger partial charge in [0.25, 0.3) is 0 Å². The number of benzene rings is 2. The molecule has 2 aromatic carbocycles. The maximum atomic E-state index is 5.51. The highest BCUT2D eigenvalue weighted by atomic mass is 16.5. The van der Waals surface area contributed by atoms with E-state index in [4.69, 9.17) is 9.47 Å². The zero-order valence-electron chi connectivity index (χ0n) is 25.4. The normalized spacial score (nSPS) is 36.1. The molecule has 4 aliphatic carbocycles. The minimum atomic E-state index is 0.456. The number of ether oxygens (including phenoxy) is 2. The summed E-state index contributed by atoms with van der Waals surface area (Å²) in [6.07, 6.45) is 16.4. The first-order valence-corrected chi connectivity index (χ1v) is 16.2. The van der Waals surface area contributed by atoms with Crippen LogP contribution in [0.5, 0.6) is 11.5 Å². The van der Waals surface area contributed by atoms with Gasteiger partial charge in [0.2, 0.25) is 0 Å². The molecule has 4 nitrogen and oxygen atoms in total. The fourth-order valence-corrected chi connectivity index (χ4v) is 10.6. The highest BCUT2D eigenvalue weighted by Gasteiger charge is 2.54. The first-order chi connectivity index (χ1) is 19.5. The topological polar surface area (TPSA) is 24.9 Å². The summed E-state index contributed by atoms with van der Waals surface area (Å²) in [6, 6.07) is 15.2. The number of fused-ring (bicyclic) bond motifs is 2. The van der Waals surface area contributed by atoms with Crippen molar-refractivity contribution in [1.29, 1.82) is 0 Å². The van der Waals surface area contributed by atoms with Crippen molar-refractivity contribution in [1.82, 2.24) is 9.80 Å². The number of nitrogens with zero attached hydrogens (tertiary/aromatic N) is 2. The van der Waals surface area contributed by atoms with Crippen LogP contribution in [0, 0.1) is 11.8 Å². The summed E-state index contributed by atoms with van der Waals surface area (Å²) in [5.74, 6) is 3.82. The molecule has 0 N–H and O–H groups in total. The van der Waals surface area contributed by atoms with Gasteiger partial charge in [-0.25, -0.2) is 0 Å². The highest BCUT2D eigenvalue weighted by Crippen LogP contribution is 2.57. The molecular formula is C36H50N2O2. The van der Waals surface area contributed by atoms with Gasteiger partial charge in [-0.3, -0.25) is 0 Å². The lowest BCUT2D eigenvalue weighted by molar-refractivity contribution is 0.00272. The van der Waals surface area contributed by atoms with E-state index in [1.54, 1.807) is 36.5 Å². The number of piperidine rings is 2. The summed E-state index contributed by atoms with van der Waals surface area (Å²) >= 11 is 0. The molecule has 216 valence electrons. The summed E-state index contributed by atoms with van der Waals surface area (Å²) in [5.41, 5.74) is 7.34. The van der Waals surface area contributed by atoms with Crippen molar-refractivity contribution >= 4 is 0 Å². The van der Waals surface area contributed by atoms with E-state index in [1.165, 1.54) is 90.1 Å². The van der Waals surface area contributed by atoms with Gasteiger partial charge in [-0.2, -0.15) is 0 Å². The molecule has 2 saturated carbocycles. The van der Waals surface area contributed by atoms with Crippen molar-refractivity contribution in [2.75, 3.05) is 41.4 Å². The van der Waals surface area contributed by atoms with Crippen LogP contribution in [-0.4, -0.2) is 63.3 Å². The van der Waals surface area contributed by atoms with Crippen molar-refractivity contribution in [3.05, 3.63) is 58.7 Å². The van der Waals surface area contributed by atoms with E-state index in [0.29, 0.717) is 10.8 Å². The Morgan fingerprint density at radius 1 is 0.625 bits per heavy atom. The molecule has 0 amide bonds. The van der Waals surface area contributed by atoms with Crippen LogP contribution in [0.1, 0.15) is 86.5 Å². The summed E-state index contributed by atoms with van der Waals surface area (Å²) < 4.78 is 11.0. The third kappa shape index (κ3) is 4.07. The zero-order chi connectivity index (χ0) is 27.5. The Kier molecular flexibility index (Phi) is 6.94. The van der Waals surface area contributed by atoms with Crippen molar-refractivity contribution < 1.29 is 9.47 Å². The van der Waals surface area contributed by atoms with Crippen LogP contribution >= 0.6 is 0 Å². The monoisotopic (exact) mass is 542 g/mol. The van der Waals surface area contributed by atoms with E-state index in [1.807, 2.05) is 0 Å². The first kappa shape index (κ1) is 26.8. The molecule has 4 heteroatoms. The van der Waals surface area contributed by atoms with Crippen LogP contribution in [0.4, 0.5) is 0 Å². The third-order valence-electron chi connectivity index (χ3n) is 12.6. The van der Waals surface area contributed by atoms with Crippen LogP contribution in [0.15, 0.2) is 36.4 Å². The molecule has 0 spiro atoms. The van der Waals surface area contributed by atoms with E-state index in [2.05, 4.69) is 60.3 Å². The zero-order valence-corrected chi connectivity index (χ0v) is 25.4. The van der Waals surface area contributed by atoms with Gasteiger partial charge in [0.1, 0.15) is 11.5 Å². The van der Waals surface area contributed by atoms with Crippen LogP contribution in [0.2, 0.25) is 0 Å². The number of methoxy groups -OCH3 is 2. The van der Waals surface area contributed by atoms with Crippen LogP contribution in [0.25, 0.3) is 0 Å². The Labute approximate surface area is 242 Å². The number of hydrogen-bond acceptors (Lipinski definition) is 4. The third-order valence-corrected chi connectivity index (χ3v) is 12.6. The molecule has 8 rings (SSSR count). The maximum Gasteiger partial charge on any atom is 0.119 e. The van der Waals surface area contributed by atoms with Gasteiger partial charge in [0.05, 0.1) is 14.2 Å². The molecule has 40 heavy (non-hydrogen) atoms. The molecule has 4 bridgehead atoms. The predicted octanol–water partition coefficient (Wildman–Crippen LogP) is 6.77. The molecule has 6 atom stereocenters. The van der Waals surface area contributed by atoms with Gasteiger partial charge in [-0.05, 0) is 137 Å². The van der Waals surface area contributed by atoms with Gasteiger partial charge in [-0.1, -0.05) is 37.8 Å². The highest BCUT2D eigenvalue weighted by molar-refractivity contribution is 5.47. The van der Waals surface area contributed by atoms with Gasteiger partial charge < -0.3 is 19.3 Å². The number of likely N-dealkylation sites (tertiary alicyclic amines) is 2. The second-order valence-electron chi connectivity index (χ2n) is 14.1. The van der Waals surface area contributed by atoms with Gasteiger partial charge in [0.15, 0.2) is 0 Å². The van der Waals surface area contributed by atoms with Crippen molar-refractivity contribution in [3.63, 3.8) is 0 Å². The molecule has 2 heterocycles. The first-order valence-electron chi connectivity index (χ1n) is 16.2. The summed E-state index contributed by atoms with van der Waals surface area (Å²) in [5, 5.41) is 0. The van der Waals surface area contributed by atoms with Gasteiger partial charge >= 0.3 is 0 Å². The van der Waals surface area contributed by atoms with Crippen molar-refractivity contribution in [3.8, 4) is 11.5 Å². The maximum absolute atomic E-state index is 5.51. The van der Waals surface area contributed by atoms with Crippen LogP contribution in [-0.2, 0) is 23.7 Å². The standard InChI is InChI=1S/2C18H25NO/c2*1-19-10-9-18-8-4-3-5-15(18)17(19)11-13-6-7-14(20-2)12-16(13)18/h2*6-7,12,15,17H,3-5,8-11H2,1-2H3/t2*15?,17-,18-/m11/s1. The molecule has 0 radical (unpaired) electrons. The Morgan fingerprint density at radius 2 is 1.07 bits per heavy atom. The molecule has 2 unspecified atom stereocenters. The quantitative estimate of drug-likeness (QED) is 0.418. The van der Waals surface area contributed by atoms with E-state index >= 15 is 0 Å². The van der Waals surface area contributed by atoms with E-state index in [-0.39, 0.29) is 0 Å². The molecule has 2 aromatic rings. The smallest absolute Gasteiger partial charge is 0.119 e. The minimum Gasteiger partial charge on any atom is -0.497 e. The Hall–Kier alpha value is -2.04. The Balaban J connectivity index is 0.000000132. The predicted molar refractivity (Wildman–Crippen MR) is 163 cm³/mol. The number of likely N-dealkylation sites (N-methyl/N-ethyl adjacent to an activating group) is 2. The molecule has 6 aliphatic rings.